The van der Waals surface area contributed by atoms with E-state index in [0.717, 1.165) is 0 Å². The third kappa shape index (κ3) is 4.36. The van der Waals surface area contributed by atoms with E-state index in [1.54, 1.807) is 20.8 Å². The molecule has 0 aromatic carbocycles. The Morgan fingerprint density at radius 2 is 1.94 bits per heavy atom. The van der Waals surface area contributed by atoms with Gasteiger partial charge in [0.05, 0.1) is 5.75 Å². The van der Waals surface area contributed by atoms with Gasteiger partial charge in [-0.1, -0.05) is 0 Å². The van der Waals surface area contributed by atoms with Gasteiger partial charge in [0.1, 0.15) is 5.60 Å². The molecule has 1 saturated heterocycles. The number of nitrogens with one attached hydrogen (secondary N) is 1. The van der Waals surface area contributed by atoms with E-state index >= 15 is 0 Å². The molecule has 0 spiro atoms. The van der Waals surface area contributed by atoms with Crippen LogP contribution in [0.1, 0.15) is 20.8 Å². The molecule has 0 aromatic rings. The first kappa shape index (κ1) is 13.2. The molecule has 1 fully saturated rings. The highest BCUT2D eigenvalue weighted by Crippen LogP contribution is 2.10. The Kier molecular flexibility index (Phi) is 3.80. The zero-order chi connectivity index (χ0) is 12.4. The summed E-state index contributed by atoms with van der Waals surface area (Å²) in [5.74, 6) is -0.0771. The maximum absolute atomic E-state index is 11.7. The van der Waals surface area contributed by atoms with Crippen molar-refractivity contribution in [3.8, 4) is 0 Å². The van der Waals surface area contributed by atoms with Gasteiger partial charge in [-0.15, -0.1) is 0 Å². The van der Waals surface area contributed by atoms with Crippen LogP contribution in [0.4, 0.5) is 4.79 Å². The van der Waals surface area contributed by atoms with Crippen LogP contribution in [0.15, 0.2) is 0 Å². The maximum atomic E-state index is 11.7. The summed E-state index contributed by atoms with van der Waals surface area (Å²) in [5, 5.41) is 0. The van der Waals surface area contributed by atoms with Gasteiger partial charge in [-0.3, -0.25) is 0 Å². The predicted molar refractivity (Wildman–Crippen MR) is 59.6 cm³/mol. The van der Waals surface area contributed by atoms with Crippen LogP contribution < -0.4 is 4.72 Å². The second-order valence-electron chi connectivity index (χ2n) is 4.68. The highest BCUT2D eigenvalue weighted by molar-refractivity contribution is 7.89. The number of carbonyl (C=O) groups is 1. The number of hydrogen-bond acceptors (Lipinski definition) is 4. The highest BCUT2D eigenvalue weighted by Gasteiger charge is 2.25. The molecule has 1 amide bonds. The molecule has 0 bridgehead atoms. The van der Waals surface area contributed by atoms with Crippen molar-refractivity contribution in [1.82, 2.24) is 9.62 Å². The highest BCUT2D eigenvalue weighted by atomic mass is 32.2. The van der Waals surface area contributed by atoms with Gasteiger partial charge in [0.15, 0.2) is 0 Å². The molecule has 1 N–H and O–H groups in total. The Balaban J connectivity index is 2.58. The topological polar surface area (TPSA) is 75.7 Å². The van der Waals surface area contributed by atoms with Gasteiger partial charge in [0, 0.05) is 19.6 Å². The molecule has 1 heterocycles. The first-order chi connectivity index (χ1) is 7.20. The monoisotopic (exact) mass is 250 g/mol. The minimum atomic E-state index is -3.23. The van der Waals surface area contributed by atoms with Gasteiger partial charge in [-0.05, 0) is 20.8 Å². The van der Waals surface area contributed by atoms with Gasteiger partial charge in [0.2, 0.25) is 10.0 Å². The van der Waals surface area contributed by atoms with Crippen LogP contribution in [0, 0.1) is 0 Å². The lowest BCUT2D eigenvalue weighted by atomic mass is 10.2. The summed E-state index contributed by atoms with van der Waals surface area (Å²) in [7, 11) is -3.23. The molecule has 1 aliphatic heterocycles. The SMILES string of the molecule is CC(C)(C)OC(=O)N1CCNS(=O)(=O)CC1. The lowest BCUT2D eigenvalue weighted by Gasteiger charge is -2.25. The van der Waals surface area contributed by atoms with Crippen molar-refractivity contribution in [1.29, 1.82) is 0 Å². The van der Waals surface area contributed by atoms with Crippen molar-refractivity contribution in [2.24, 2.45) is 0 Å². The number of carbonyl (C=O) groups excluding carboxylic acids is 1. The molecule has 0 saturated carbocycles. The fourth-order valence-electron chi connectivity index (χ4n) is 1.26. The van der Waals surface area contributed by atoms with E-state index in [1.807, 2.05) is 0 Å². The van der Waals surface area contributed by atoms with Crippen LogP contribution in [0.3, 0.4) is 0 Å². The number of nitrogens with zero attached hydrogens (tertiary/aromatic N) is 1. The molecule has 6 nitrogen and oxygen atoms in total. The van der Waals surface area contributed by atoms with Crippen LogP contribution in [-0.2, 0) is 14.8 Å². The molecule has 16 heavy (non-hydrogen) atoms. The normalized spacial score (nSPS) is 21.3. The first-order valence-corrected chi connectivity index (χ1v) is 6.80. The van der Waals surface area contributed by atoms with Crippen LogP contribution in [-0.4, -0.2) is 50.4 Å². The Morgan fingerprint density at radius 3 is 2.50 bits per heavy atom. The van der Waals surface area contributed by atoms with E-state index in [1.165, 1.54) is 4.90 Å². The third-order valence-corrected chi connectivity index (χ3v) is 3.35. The molecule has 7 heteroatoms. The van der Waals surface area contributed by atoms with Gasteiger partial charge < -0.3 is 9.64 Å². The molecule has 0 aliphatic carbocycles. The van der Waals surface area contributed by atoms with Gasteiger partial charge >= 0.3 is 6.09 Å². The summed E-state index contributed by atoms with van der Waals surface area (Å²) in [4.78, 5) is 13.1. The van der Waals surface area contributed by atoms with E-state index in [9.17, 15) is 13.2 Å². The quantitative estimate of drug-likeness (QED) is 0.664. The van der Waals surface area contributed by atoms with E-state index in [4.69, 9.17) is 4.74 Å². The van der Waals surface area contributed by atoms with Crippen molar-refractivity contribution in [3.05, 3.63) is 0 Å². The van der Waals surface area contributed by atoms with E-state index in [-0.39, 0.29) is 18.8 Å². The smallest absolute Gasteiger partial charge is 0.410 e. The van der Waals surface area contributed by atoms with Gasteiger partial charge in [-0.25, -0.2) is 17.9 Å². The Morgan fingerprint density at radius 1 is 1.31 bits per heavy atom. The molecule has 0 atom stereocenters. The van der Waals surface area contributed by atoms with Crippen molar-refractivity contribution < 1.29 is 17.9 Å². The van der Waals surface area contributed by atoms with E-state index < -0.39 is 21.7 Å². The van der Waals surface area contributed by atoms with Crippen molar-refractivity contribution in [2.75, 3.05) is 25.4 Å². The average molecular weight is 250 g/mol. The van der Waals surface area contributed by atoms with Crippen LogP contribution in [0.5, 0.6) is 0 Å². The minimum absolute atomic E-state index is 0.0771. The van der Waals surface area contributed by atoms with Crippen molar-refractivity contribution in [3.63, 3.8) is 0 Å². The number of rotatable bonds is 0. The molecular weight excluding hydrogens is 232 g/mol. The van der Waals surface area contributed by atoms with Gasteiger partial charge in [-0.2, -0.15) is 0 Å². The largest absolute Gasteiger partial charge is 0.444 e. The maximum Gasteiger partial charge on any atom is 0.410 e. The zero-order valence-electron chi connectivity index (χ0n) is 9.82. The Labute approximate surface area is 96.0 Å². The molecule has 1 rings (SSSR count). The molecule has 0 aromatic heterocycles. The summed E-state index contributed by atoms with van der Waals surface area (Å²) in [5.41, 5.74) is -0.560. The van der Waals surface area contributed by atoms with Crippen molar-refractivity contribution >= 4 is 16.1 Å². The summed E-state index contributed by atoms with van der Waals surface area (Å²) < 4.78 is 30.0. The van der Waals surface area contributed by atoms with Crippen LogP contribution in [0.25, 0.3) is 0 Å². The first-order valence-electron chi connectivity index (χ1n) is 5.15. The third-order valence-electron chi connectivity index (χ3n) is 1.99. The van der Waals surface area contributed by atoms with Crippen LogP contribution >= 0.6 is 0 Å². The van der Waals surface area contributed by atoms with E-state index in [0.29, 0.717) is 6.54 Å². The lowest BCUT2D eigenvalue weighted by molar-refractivity contribution is 0.0269. The standard InChI is InChI=1S/C9H18N2O4S/c1-9(2,3)15-8(12)11-5-4-10-16(13,14)7-6-11/h10H,4-7H2,1-3H3. The number of ether oxygens (including phenoxy) is 1. The Hall–Kier alpha value is -0.820. The summed E-state index contributed by atoms with van der Waals surface area (Å²) in [6.45, 7) is 6.08. The molecular formula is C9H18N2O4S. The summed E-state index contributed by atoms with van der Waals surface area (Å²) in [6.07, 6.45) is -0.466. The molecule has 94 valence electrons. The second-order valence-corrected chi connectivity index (χ2v) is 6.61. The molecule has 0 radical (unpaired) electrons. The zero-order valence-corrected chi connectivity index (χ0v) is 10.6. The fraction of sp³-hybridized carbons (Fsp3) is 0.889. The van der Waals surface area contributed by atoms with E-state index in [2.05, 4.69) is 4.72 Å². The van der Waals surface area contributed by atoms with Crippen molar-refractivity contribution in [2.45, 2.75) is 26.4 Å². The second kappa shape index (κ2) is 4.58. The lowest BCUT2D eigenvalue weighted by Crippen LogP contribution is -2.39. The number of sulfonamides is 1. The Bertz CT molecular complexity index is 358. The predicted octanol–water partition coefficient (Wildman–Crippen LogP) is 0.157. The minimum Gasteiger partial charge on any atom is -0.444 e. The fourth-order valence-corrected chi connectivity index (χ4v) is 2.27. The number of hydrogen-bond donors (Lipinski definition) is 1. The summed E-state index contributed by atoms with van der Waals surface area (Å²) >= 11 is 0. The van der Waals surface area contributed by atoms with Crippen LogP contribution in [0.2, 0.25) is 0 Å². The average Bonchev–Trinajstić information content (AvgIpc) is 2.23. The van der Waals surface area contributed by atoms with Gasteiger partial charge in [0.25, 0.3) is 0 Å². The molecule has 1 aliphatic rings. The number of amides is 1. The summed E-state index contributed by atoms with van der Waals surface area (Å²) in [6, 6.07) is 0. The molecule has 0 unspecified atom stereocenters.